The van der Waals surface area contributed by atoms with Crippen molar-refractivity contribution in [3.63, 3.8) is 0 Å². The van der Waals surface area contributed by atoms with Gasteiger partial charge in [-0.3, -0.25) is 0 Å². The lowest BCUT2D eigenvalue weighted by molar-refractivity contribution is 0.162. The van der Waals surface area contributed by atoms with E-state index in [1.807, 2.05) is 18.2 Å². The maximum absolute atomic E-state index is 10.2. The van der Waals surface area contributed by atoms with Crippen molar-refractivity contribution in [1.82, 2.24) is 0 Å². The molecule has 1 rings (SSSR count). The summed E-state index contributed by atoms with van der Waals surface area (Å²) in [6, 6.07) is 5.74. The number of halogens is 1. The Morgan fingerprint density at radius 3 is 2.35 bits per heavy atom. The molecule has 0 radical (unpaired) electrons. The molecule has 1 aromatic carbocycles. The molecule has 0 spiro atoms. The summed E-state index contributed by atoms with van der Waals surface area (Å²) in [7, 11) is 1.65. The summed E-state index contributed by atoms with van der Waals surface area (Å²) in [6.07, 6.45) is 9.37. The first-order chi connectivity index (χ1) is 9.69. The molecule has 1 unspecified atom stereocenters. The van der Waals surface area contributed by atoms with Crippen LogP contribution in [0.1, 0.15) is 70.0 Å². The fraction of sp³-hybridized carbons (Fsp3) is 0.647. The molecule has 3 heteroatoms. The maximum atomic E-state index is 10.2. The highest BCUT2D eigenvalue weighted by molar-refractivity contribution is 9.10. The van der Waals surface area contributed by atoms with Crippen molar-refractivity contribution in [2.75, 3.05) is 7.11 Å². The molecule has 0 aliphatic heterocycles. The van der Waals surface area contributed by atoms with Gasteiger partial charge in [0.15, 0.2) is 0 Å². The van der Waals surface area contributed by atoms with E-state index >= 15 is 0 Å². The van der Waals surface area contributed by atoms with Crippen LogP contribution in [-0.2, 0) is 0 Å². The monoisotopic (exact) mass is 342 g/mol. The van der Waals surface area contributed by atoms with Crippen LogP contribution in [0.5, 0.6) is 5.75 Å². The van der Waals surface area contributed by atoms with Gasteiger partial charge < -0.3 is 9.84 Å². The third kappa shape index (κ3) is 6.27. The molecule has 1 atom stereocenters. The third-order valence-electron chi connectivity index (χ3n) is 3.65. The van der Waals surface area contributed by atoms with Gasteiger partial charge in [0.2, 0.25) is 0 Å². The second-order valence-corrected chi connectivity index (χ2v) is 6.17. The summed E-state index contributed by atoms with van der Waals surface area (Å²) < 4.78 is 6.09. The SMILES string of the molecule is CCCCCCCCCC(O)c1ccc(OC)cc1Br. The molecule has 114 valence electrons. The first-order valence-corrected chi connectivity index (χ1v) is 8.49. The Hall–Kier alpha value is -0.540. The Morgan fingerprint density at radius 2 is 1.75 bits per heavy atom. The highest BCUT2D eigenvalue weighted by Gasteiger charge is 2.11. The highest BCUT2D eigenvalue weighted by atomic mass is 79.9. The van der Waals surface area contributed by atoms with Gasteiger partial charge in [0.05, 0.1) is 13.2 Å². The van der Waals surface area contributed by atoms with Gasteiger partial charge in [-0.15, -0.1) is 0 Å². The van der Waals surface area contributed by atoms with Crippen LogP contribution in [0.3, 0.4) is 0 Å². The second-order valence-electron chi connectivity index (χ2n) is 5.31. The van der Waals surface area contributed by atoms with Crippen LogP contribution in [0, 0.1) is 0 Å². The number of methoxy groups -OCH3 is 1. The number of aliphatic hydroxyl groups excluding tert-OH is 1. The van der Waals surface area contributed by atoms with Gasteiger partial charge in [0.1, 0.15) is 5.75 Å². The summed E-state index contributed by atoms with van der Waals surface area (Å²) in [5.74, 6) is 0.809. The largest absolute Gasteiger partial charge is 0.497 e. The van der Waals surface area contributed by atoms with Gasteiger partial charge in [-0.2, -0.15) is 0 Å². The number of aliphatic hydroxyl groups is 1. The van der Waals surface area contributed by atoms with Crippen molar-refractivity contribution >= 4 is 15.9 Å². The quantitative estimate of drug-likeness (QED) is 0.558. The smallest absolute Gasteiger partial charge is 0.120 e. The number of rotatable bonds is 10. The first kappa shape index (κ1) is 17.5. The highest BCUT2D eigenvalue weighted by Crippen LogP contribution is 2.30. The van der Waals surface area contributed by atoms with E-state index in [4.69, 9.17) is 4.74 Å². The van der Waals surface area contributed by atoms with Crippen LogP contribution < -0.4 is 4.74 Å². The molecule has 0 fully saturated rings. The molecule has 0 aliphatic rings. The topological polar surface area (TPSA) is 29.5 Å². The minimum atomic E-state index is -0.383. The van der Waals surface area contributed by atoms with E-state index in [1.54, 1.807) is 7.11 Å². The van der Waals surface area contributed by atoms with Gasteiger partial charge in [0, 0.05) is 4.47 Å². The molecule has 0 saturated heterocycles. The molecule has 0 heterocycles. The standard InChI is InChI=1S/C17H27BrO2/c1-3-4-5-6-7-8-9-10-17(19)15-12-11-14(20-2)13-16(15)18/h11-13,17,19H,3-10H2,1-2H3. The van der Waals surface area contributed by atoms with Crippen LogP contribution in [-0.4, -0.2) is 12.2 Å². The van der Waals surface area contributed by atoms with Crippen LogP contribution in [0.15, 0.2) is 22.7 Å². The van der Waals surface area contributed by atoms with E-state index in [1.165, 1.54) is 38.5 Å². The molecule has 2 nitrogen and oxygen atoms in total. The summed E-state index contributed by atoms with van der Waals surface area (Å²) in [4.78, 5) is 0. The van der Waals surface area contributed by atoms with Gasteiger partial charge in [-0.05, 0) is 24.1 Å². The average molecular weight is 343 g/mol. The lowest BCUT2D eigenvalue weighted by Crippen LogP contribution is -1.99. The molecule has 0 saturated carbocycles. The number of benzene rings is 1. The zero-order valence-electron chi connectivity index (χ0n) is 12.7. The fourth-order valence-electron chi connectivity index (χ4n) is 2.36. The predicted molar refractivity (Wildman–Crippen MR) is 88.3 cm³/mol. The Bertz CT molecular complexity index is 379. The minimum absolute atomic E-state index is 0.383. The molecule has 0 aromatic heterocycles. The van der Waals surface area contributed by atoms with Crippen molar-refractivity contribution in [3.8, 4) is 5.75 Å². The van der Waals surface area contributed by atoms with E-state index in [0.29, 0.717) is 0 Å². The second kappa shape index (κ2) is 10.2. The van der Waals surface area contributed by atoms with Crippen LogP contribution in [0.2, 0.25) is 0 Å². The van der Waals surface area contributed by atoms with Gasteiger partial charge >= 0.3 is 0 Å². The van der Waals surface area contributed by atoms with E-state index < -0.39 is 0 Å². The average Bonchev–Trinajstić information content (AvgIpc) is 2.45. The Labute approximate surface area is 131 Å². The van der Waals surface area contributed by atoms with Crippen molar-refractivity contribution in [1.29, 1.82) is 0 Å². The number of hydrogen-bond acceptors (Lipinski definition) is 2. The lowest BCUT2D eigenvalue weighted by atomic mass is 10.0. The Morgan fingerprint density at radius 1 is 1.10 bits per heavy atom. The van der Waals surface area contributed by atoms with Gasteiger partial charge in [-0.1, -0.05) is 73.9 Å². The Balaban J connectivity index is 2.27. The van der Waals surface area contributed by atoms with Crippen LogP contribution >= 0.6 is 15.9 Å². The van der Waals surface area contributed by atoms with Crippen molar-refractivity contribution in [2.24, 2.45) is 0 Å². The number of hydrogen-bond donors (Lipinski definition) is 1. The van der Waals surface area contributed by atoms with Crippen molar-refractivity contribution in [2.45, 2.75) is 64.4 Å². The Kier molecular flexibility index (Phi) is 8.95. The number of unbranched alkanes of at least 4 members (excludes halogenated alkanes) is 6. The summed E-state index contributed by atoms with van der Waals surface area (Å²) in [6.45, 7) is 2.24. The molecule has 0 amide bonds. The van der Waals surface area contributed by atoms with Crippen LogP contribution in [0.25, 0.3) is 0 Å². The summed E-state index contributed by atoms with van der Waals surface area (Å²) >= 11 is 3.50. The maximum Gasteiger partial charge on any atom is 0.120 e. The van der Waals surface area contributed by atoms with E-state index in [2.05, 4.69) is 22.9 Å². The van der Waals surface area contributed by atoms with Crippen molar-refractivity contribution in [3.05, 3.63) is 28.2 Å². The fourth-order valence-corrected chi connectivity index (χ4v) is 2.98. The molecule has 1 aromatic rings. The molecular formula is C17H27BrO2. The predicted octanol–water partition coefficient (Wildman–Crippen LogP) is 5.63. The third-order valence-corrected chi connectivity index (χ3v) is 4.33. The van der Waals surface area contributed by atoms with E-state index in [0.717, 1.165) is 28.6 Å². The van der Waals surface area contributed by atoms with E-state index in [9.17, 15) is 5.11 Å². The zero-order chi connectivity index (χ0) is 14.8. The van der Waals surface area contributed by atoms with E-state index in [-0.39, 0.29) is 6.10 Å². The summed E-state index contributed by atoms with van der Waals surface area (Å²) in [5.41, 5.74) is 0.955. The molecule has 0 aliphatic carbocycles. The normalized spacial score (nSPS) is 12.4. The number of ether oxygens (including phenoxy) is 1. The molecule has 1 N–H and O–H groups in total. The van der Waals surface area contributed by atoms with Gasteiger partial charge in [0.25, 0.3) is 0 Å². The summed E-state index contributed by atoms with van der Waals surface area (Å²) in [5, 5.41) is 10.2. The molecular weight excluding hydrogens is 316 g/mol. The van der Waals surface area contributed by atoms with Crippen LogP contribution in [0.4, 0.5) is 0 Å². The molecule has 0 bridgehead atoms. The van der Waals surface area contributed by atoms with Crippen molar-refractivity contribution < 1.29 is 9.84 Å². The molecule has 20 heavy (non-hydrogen) atoms. The zero-order valence-corrected chi connectivity index (χ0v) is 14.3. The van der Waals surface area contributed by atoms with Gasteiger partial charge in [-0.25, -0.2) is 0 Å². The lowest BCUT2D eigenvalue weighted by Gasteiger charge is -2.13. The first-order valence-electron chi connectivity index (χ1n) is 7.70. The minimum Gasteiger partial charge on any atom is -0.497 e.